The smallest absolute Gasteiger partial charge is 0.257 e. The lowest BCUT2D eigenvalue weighted by Gasteiger charge is -2.33. The molecule has 3 heterocycles. The average Bonchev–Trinajstić information content (AvgIpc) is 3.34. The summed E-state index contributed by atoms with van der Waals surface area (Å²) in [6, 6.07) is 9.72. The van der Waals surface area contributed by atoms with E-state index < -0.39 is 10.0 Å². The molecule has 31 heavy (non-hydrogen) atoms. The number of aromatic nitrogens is 3. The monoisotopic (exact) mass is 440 g/mol. The van der Waals surface area contributed by atoms with Crippen molar-refractivity contribution in [3.8, 4) is 5.82 Å². The largest absolute Gasteiger partial charge is 0.322 e. The number of likely N-dealkylation sites (N-methyl/N-ethyl adjacent to an activating group) is 1. The van der Waals surface area contributed by atoms with Crippen LogP contribution in [0.3, 0.4) is 0 Å². The number of carbonyl (C=O) groups is 1. The molecular formula is C21H24N6O3S. The zero-order chi connectivity index (χ0) is 21.8. The summed E-state index contributed by atoms with van der Waals surface area (Å²) < 4.78 is 29.3. The average molecular weight is 441 g/mol. The SMILES string of the molecule is CCN1CCN(S(=O)(=O)c2cccc(NC(=O)c3ccc(-n4ccnc4)nc3)c2)CC1. The van der Waals surface area contributed by atoms with Crippen molar-refractivity contribution < 1.29 is 13.2 Å². The number of imidazole rings is 1. The molecule has 1 aliphatic rings. The molecule has 1 aliphatic heterocycles. The first-order chi connectivity index (χ1) is 15.0. The number of carbonyl (C=O) groups excluding carboxylic acids is 1. The Morgan fingerprint density at radius 3 is 2.58 bits per heavy atom. The number of rotatable bonds is 6. The molecule has 0 bridgehead atoms. The highest BCUT2D eigenvalue weighted by Gasteiger charge is 2.28. The maximum atomic E-state index is 13.0. The Kier molecular flexibility index (Phi) is 6.12. The van der Waals surface area contributed by atoms with Gasteiger partial charge in [-0.15, -0.1) is 0 Å². The maximum absolute atomic E-state index is 13.0. The molecule has 0 aliphatic carbocycles. The topological polar surface area (TPSA) is 100 Å². The Labute approximate surface area is 181 Å². The van der Waals surface area contributed by atoms with Gasteiger partial charge in [0.05, 0.1) is 10.5 Å². The second kappa shape index (κ2) is 8.96. The number of sulfonamides is 1. The first-order valence-corrected chi connectivity index (χ1v) is 11.5. The van der Waals surface area contributed by atoms with Crippen LogP contribution in [0, 0.1) is 0 Å². The van der Waals surface area contributed by atoms with E-state index in [1.807, 2.05) is 0 Å². The highest BCUT2D eigenvalue weighted by Crippen LogP contribution is 2.21. The predicted molar refractivity (Wildman–Crippen MR) is 117 cm³/mol. The minimum atomic E-state index is -3.61. The molecule has 0 saturated carbocycles. The Morgan fingerprint density at radius 2 is 1.94 bits per heavy atom. The second-order valence-electron chi connectivity index (χ2n) is 7.20. The number of nitrogens with one attached hydrogen (secondary N) is 1. The van der Waals surface area contributed by atoms with Crippen molar-refractivity contribution in [2.45, 2.75) is 11.8 Å². The Bertz CT molecular complexity index is 1140. The van der Waals surface area contributed by atoms with Gasteiger partial charge in [-0.3, -0.25) is 9.36 Å². The van der Waals surface area contributed by atoms with Gasteiger partial charge in [0.15, 0.2) is 0 Å². The summed E-state index contributed by atoms with van der Waals surface area (Å²) in [5.74, 6) is 0.279. The number of piperazine rings is 1. The van der Waals surface area contributed by atoms with Gasteiger partial charge in [-0.25, -0.2) is 18.4 Å². The normalized spacial score (nSPS) is 15.6. The number of pyridine rings is 1. The molecule has 162 valence electrons. The molecule has 1 saturated heterocycles. The first-order valence-electron chi connectivity index (χ1n) is 10.1. The minimum absolute atomic E-state index is 0.170. The van der Waals surface area contributed by atoms with E-state index in [2.05, 4.69) is 27.1 Å². The van der Waals surface area contributed by atoms with Crippen LogP contribution in [0.1, 0.15) is 17.3 Å². The van der Waals surface area contributed by atoms with Crippen LogP contribution in [0.2, 0.25) is 0 Å². The number of amides is 1. The molecule has 3 aromatic rings. The van der Waals surface area contributed by atoms with Crippen LogP contribution < -0.4 is 5.32 Å². The van der Waals surface area contributed by atoms with Crippen molar-refractivity contribution in [1.82, 2.24) is 23.7 Å². The molecule has 4 rings (SSSR count). The minimum Gasteiger partial charge on any atom is -0.322 e. The third-order valence-corrected chi connectivity index (χ3v) is 7.18. The molecule has 2 aromatic heterocycles. The fraction of sp³-hybridized carbons (Fsp3) is 0.286. The molecule has 1 fully saturated rings. The van der Waals surface area contributed by atoms with Gasteiger partial charge < -0.3 is 10.2 Å². The van der Waals surface area contributed by atoms with Gasteiger partial charge in [-0.1, -0.05) is 13.0 Å². The van der Waals surface area contributed by atoms with Crippen LogP contribution in [-0.2, 0) is 10.0 Å². The standard InChI is InChI=1S/C21H24N6O3S/c1-2-25-10-12-27(13-11-25)31(29,30)19-5-3-4-18(14-19)24-21(28)17-6-7-20(23-15-17)26-9-8-22-16-26/h3-9,14-16H,2,10-13H2,1H3,(H,24,28). The highest BCUT2D eigenvalue weighted by molar-refractivity contribution is 7.89. The van der Waals surface area contributed by atoms with Crippen LogP contribution in [-0.4, -0.2) is 70.8 Å². The summed E-state index contributed by atoms with van der Waals surface area (Å²) in [5, 5.41) is 2.75. The summed E-state index contributed by atoms with van der Waals surface area (Å²) in [5.41, 5.74) is 0.782. The van der Waals surface area contributed by atoms with Gasteiger partial charge in [0.25, 0.3) is 5.91 Å². The van der Waals surface area contributed by atoms with E-state index in [1.165, 1.54) is 16.6 Å². The number of anilines is 1. The fourth-order valence-corrected chi connectivity index (χ4v) is 4.91. The maximum Gasteiger partial charge on any atom is 0.257 e. The third kappa shape index (κ3) is 4.66. The number of hydrogen-bond donors (Lipinski definition) is 1. The summed E-state index contributed by atoms with van der Waals surface area (Å²) in [4.78, 5) is 23.2. The molecule has 0 radical (unpaired) electrons. The van der Waals surface area contributed by atoms with E-state index in [4.69, 9.17) is 0 Å². The zero-order valence-electron chi connectivity index (χ0n) is 17.2. The zero-order valence-corrected chi connectivity index (χ0v) is 18.0. The summed E-state index contributed by atoms with van der Waals surface area (Å²) in [6.07, 6.45) is 6.50. The lowest BCUT2D eigenvalue weighted by molar-refractivity contribution is 0.102. The fourth-order valence-electron chi connectivity index (χ4n) is 3.44. The van der Waals surface area contributed by atoms with Crippen molar-refractivity contribution in [3.05, 3.63) is 66.9 Å². The van der Waals surface area contributed by atoms with Crippen molar-refractivity contribution in [2.24, 2.45) is 0 Å². The Morgan fingerprint density at radius 1 is 1.13 bits per heavy atom. The molecule has 1 amide bonds. The molecule has 0 spiro atoms. The molecule has 0 atom stereocenters. The van der Waals surface area contributed by atoms with E-state index in [9.17, 15) is 13.2 Å². The Balaban J connectivity index is 1.46. The molecular weight excluding hydrogens is 416 g/mol. The molecule has 9 nitrogen and oxygen atoms in total. The van der Waals surface area contributed by atoms with Crippen LogP contribution >= 0.6 is 0 Å². The van der Waals surface area contributed by atoms with Gasteiger partial charge in [0.2, 0.25) is 10.0 Å². The summed E-state index contributed by atoms with van der Waals surface area (Å²) in [7, 11) is -3.61. The van der Waals surface area contributed by atoms with Crippen LogP contribution in [0.4, 0.5) is 5.69 Å². The van der Waals surface area contributed by atoms with E-state index in [0.29, 0.717) is 43.2 Å². The van der Waals surface area contributed by atoms with E-state index >= 15 is 0 Å². The quantitative estimate of drug-likeness (QED) is 0.628. The Hall–Kier alpha value is -3.08. The number of nitrogens with zero attached hydrogens (tertiary/aromatic N) is 5. The molecule has 1 N–H and O–H groups in total. The van der Waals surface area contributed by atoms with Crippen molar-refractivity contribution in [3.63, 3.8) is 0 Å². The number of benzene rings is 1. The van der Waals surface area contributed by atoms with Gasteiger partial charge in [0, 0.05) is 50.5 Å². The molecule has 1 aromatic carbocycles. The highest BCUT2D eigenvalue weighted by atomic mass is 32.2. The van der Waals surface area contributed by atoms with E-state index in [-0.39, 0.29) is 10.8 Å². The van der Waals surface area contributed by atoms with Crippen molar-refractivity contribution >= 4 is 21.6 Å². The lowest BCUT2D eigenvalue weighted by atomic mass is 10.2. The molecule has 10 heteroatoms. The third-order valence-electron chi connectivity index (χ3n) is 5.29. The number of hydrogen-bond acceptors (Lipinski definition) is 6. The first kappa shape index (κ1) is 21.2. The summed E-state index contributed by atoms with van der Waals surface area (Å²) >= 11 is 0. The predicted octanol–water partition coefficient (Wildman–Crippen LogP) is 1.85. The van der Waals surface area contributed by atoms with Crippen LogP contribution in [0.15, 0.2) is 66.2 Å². The van der Waals surface area contributed by atoms with Crippen LogP contribution in [0.5, 0.6) is 0 Å². The summed E-state index contributed by atoms with van der Waals surface area (Å²) in [6.45, 7) is 5.33. The van der Waals surface area contributed by atoms with Crippen LogP contribution in [0.25, 0.3) is 5.82 Å². The van der Waals surface area contributed by atoms with Gasteiger partial charge in [0.1, 0.15) is 12.1 Å². The van der Waals surface area contributed by atoms with E-state index in [1.54, 1.807) is 53.6 Å². The van der Waals surface area contributed by atoms with Crippen molar-refractivity contribution in [1.29, 1.82) is 0 Å². The van der Waals surface area contributed by atoms with Gasteiger partial charge >= 0.3 is 0 Å². The van der Waals surface area contributed by atoms with Crippen molar-refractivity contribution in [2.75, 3.05) is 38.0 Å². The van der Waals surface area contributed by atoms with Gasteiger partial charge in [-0.2, -0.15) is 4.31 Å². The molecule has 0 unspecified atom stereocenters. The van der Waals surface area contributed by atoms with Gasteiger partial charge in [-0.05, 0) is 36.9 Å². The second-order valence-corrected chi connectivity index (χ2v) is 9.13. The lowest BCUT2D eigenvalue weighted by Crippen LogP contribution is -2.48. The van der Waals surface area contributed by atoms with E-state index in [0.717, 1.165) is 6.54 Å².